The highest BCUT2D eigenvalue weighted by Crippen LogP contribution is 2.13. The minimum atomic E-state index is -1.05. The van der Waals surface area contributed by atoms with Gasteiger partial charge in [0, 0.05) is 18.1 Å². The van der Waals surface area contributed by atoms with Crippen LogP contribution in [0.15, 0.2) is 60.7 Å². The SMILES string of the molecule is Cc1ccc(NC(=O)CN(C)C(=O)[C@H](C)OC(=O)c2ccc3ccccc3n2)cc1. The molecule has 1 heterocycles. The zero-order valence-corrected chi connectivity index (χ0v) is 17.1. The Kier molecular flexibility index (Phi) is 6.41. The van der Waals surface area contributed by atoms with E-state index in [-0.39, 0.29) is 18.1 Å². The molecule has 1 aromatic heterocycles. The minimum absolute atomic E-state index is 0.119. The van der Waals surface area contributed by atoms with Gasteiger partial charge in [-0.15, -0.1) is 0 Å². The Bertz CT molecular complexity index is 1080. The molecule has 0 radical (unpaired) electrons. The Labute approximate surface area is 174 Å². The van der Waals surface area contributed by atoms with Gasteiger partial charge in [-0.25, -0.2) is 9.78 Å². The second kappa shape index (κ2) is 9.17. The third-order valence-corrected chi connectivity index (χ3v) is 4.53. The fraction of sp³-hybridized carbons (Fsp3) is 0.217. The smallest absolute Gasteiger partial charge is 0.357 e. The van der Waals surface area contributed by atoms with E-state index >= 15 is 0 Å². The molecular weight excluding hydrogens is 382 g/mol. The number of fused-ring (bicyclic) bond motifs is 1. The fourth-order valence-corrected chi connectivity index (χ4v) is 2.89. The normalized spacial score (nSPS) is 11.6. The Morgan fingerprint density at radius 2 is 1.73 bits per heavy atom. The van der Waals surface area contributed by atoms with Gasteiger partial charge in [0.25, 0.3) is 5.91 Å². The number of aromatic nitrogens is 1. The van der Waals surface area contributed by atoms with Gasteiger partial charge in [0.1, 0.15) is 5.69 Å². The number of para-hydroxylation sites is 1. The molecule has 0 aliphatic carbocycles. The van der Waals surface area contributed by atoms with Crippen molar-refractivity contribution in [3.63, 3.8) is 0 Å². The summed E-state index contributed by atoms with van der Waals surface area (Å²) < 4.78 is 5.26. The first-order chi connectivity index (χ1) is 14.3. The molecule has 0 aliphatic heterocycles. The maximum atomic E-state index is 12.5. The van der Waals surface area contributed by atoms with E-state index in [0.29, 0.717) is 11.2 Å². The van der Waals surface area contributed by atoms with Crippen LogP contribution in [0.2, 0.25) is 0 Å². The van der Waals surface area contributed by atoms with Crippen molar-refractivity contribution < 1.29 is 19.1 Å². The Hall–Kier alpha value is -3.74. The molecule has 30 heavy (non-hydrogen) atoms. The lowest BCUT2D eigenvalue weighted by Gasteiger charge is -2.21. The van der Waals surface area contributed by atoms with Crippen molar-refractivity contribution >= 4 is 34.4 Å². The van der Waals surface area contributed by atoms with Gasteiger partial charge in [0.2, 0.25) is 5.91 Å². The predicted octanol–water partition coefficient (Wildman–Crippen LogP) is 3.19. The number of nitrogens with one attached hydrogen (secondary N) is 1. The number of aryl methyl sites for hydroxylation is 1. The van der Waals surface area contributed by atoms with Crippen molar-refractivity contribution in [2.45, 2.75) is 20.0 Å². The van der Waals surface area contributed by atoms with Crippen molar-refractivity contribution in [2.75, 3.05) is 18.9 Å². The number of amides is 2. The maximum absolute atomic E-state index is 12.5. The molecule has 154 valence electrons. The Morgan fingerprint density at radius 3 is 2.47 bits per heavy atom. The highest BCUT2D eigenvalue weighted by atomic mass is 16.5. The molecule has 3 aromatic rings. The van der Waals surface area contributed by atoms with Crippen LogP contribution in [0.5, 0.6) is 0 Å². The lowest BCUT2D eigenvalue weighted by atomic mass is 10.2. The van der Waals surface area contributed by atoms with Gasteiger partial charge in [0.05, 0.1) is 12.1 Å². The third-order valence-electron chi connectivity index (χ3n) is 4.53. The monoisotopic (exact) mass is 405 g/mol. The quantitative estimate of drug-likeness (QED) is 0.637. The van der Waals surface area contributed by atoms with E-state index in [9.17, 15) is 14.4 Å². The highest BCUT2D eigenvalue weighted by molar-refractivity contribution is 5.96. The van der Waals surface area contributed by atoms with Gasteiger partial charge >= 0.3 is 5.97 Å². The molecule has 0 bridgehead atoms. The van der Waals surface area contributed by atoms with Crippen molar-refractivity contribution in [3.8, 4) is 0 Å². The molecule has 2 amide bonds. The molecule has 7 heteroatoms. The zero-order chi connectivity index (χ0) is 21.7. The zero-order valence-electron chi connectivity index (χ0n) is 17.1. The number of anilines is 1. The van der Waals surface area contributed by atoms with Gasteiger partial charge < -0.3 is 15.0 Å². The topological polar surface area (TPSA) is 88.6 Å². The summed E-state index contributed by atoms with van der Waals surface area (Å²) in [5, 5.41) is 3.63. The summed E-state index contributed by atoms with van der Waals surface area (Å²) in [5.74, 6) is -1.52. The molecule has 0 saturated carbocycles. The van der Waals surface area contributed by atoms with Gasteiger partial charge in [-0.05, 0) is 38.1 Å². The molecule has 0 spiro atoms. The van der Waals surface area contributed by atoms with Crippen molar-refractivity contribution in [3.05, 3.63) is 71.9 Å². The van der Waals surface area contributed by atoms with Crippen LogP contribution in [0.25, 0.3) is 10.9 Å². The van der Waals surface area contributed by atoms with Crippen LogP contribution in [-0.2, 0) is 14.3 Å². The number of ether oxygens (including phenoxy) is 1. The van der Waals surface area contributed by atoms with Gasteiger partial charge in [-0.1, -0.05) is 42.0 Å². The standard InChI is InChI=1S/C23H23N3O4/c1-15-8-11-18(12-9-15)24-21(27)14-26(3)22(28)16(2)30-23(29)20-13-10-17-6-4-5-7-19(17)25-20/h4-13,16H,14H2,1-3H3,(H,24,27)/t16-/m0/s1. The van der Waals surface area contributed by atoms with Crippen LogP contribution in [0.1, 0.15) is 23.0 Å². The number of pyridine rings is 1. The summed E-state index contributed by atoms with van der Waals surface area (Å²) in [6, 6.07) is 18.1. The molecule has 1 atom stereocenters. The van der Waals surface area contributed by atoms with E-state index in [1.165, 1.54) is 18.9 Å². The lowest BCUT2D eigenvalue weighted by molar-refractivity contribution is -0.140. The number of likely N-dealkylation sites (N-methyl/N-ethyl adjacent to an activating group) is 1. The molecule has 1 N–H and O–H groups in total. The summed E-state index contributed by atoms with van der Waals surface area (Å²) in [4.78, 5) is 42.6. The first-order valence-corrected chi connectivity index (χ1v) is 9.52. The van der Waals surface area contributed by atoms with E-state index < -0.39 is 18.0 Å². The van der Waals surface area contributed by atoms with Crippen LogP contribution in [0.3, 0.4) is 0 Å². The van der Waals surface area contributed by atoms with E-state index in [4.69, 9.17) is 4.74 Å². The largest absolute Gasteiger partial charge is 0.448 e. The van der Waals surface area contributed by atoms with Crippen LogP contribution < -0.4 is 5.32 Å². The van der Waals surface area contributed by atoms with Crippen LogP contribution in [-0.4, -0.2) is 47.4 Å². The van der Waals surface area contributed by atoms with Gasteiger partial charge in [-0.2, -0.15) is 0 Å². The van der Waals surface area contributed by atoms with Crippen molar-refractivity contribution in [1.29, 1.82) is 0 Å². The van der Waals surface area contributed by atoms with Crippen molar-refractivity contribution in [1.82, 2.24) is 9.88 Å². The fourth-order valence-electron chi connectivity index (χ4n) is 2.89. The maximum Gasteiger partial charge on any atom is 0.357 e. The number of nitrogens with zero attached hydrogens (tertiary/aromatic N) is 2. The first-order valence-electron chi connectivity index (χ1n) is 9.52. The molecule has 3 rings (SSSR count). The predicted molar refractivity (Wildman–Crippen MR) is 114 cm³/mol. The number of benzene rings is 2. The second-order valence-electron chi connectivity index (χ2n) is 7.05. The molecule has 0 saturated heterocycles. The summed E-state index contributed by atoms with van der Waals surface area (Å²) in [7, 11) is 1.48. The van der Waals surface area contributed by atoms with Crippen molar-refractivity contribution in [2.24, 2.45) is 0 Å². The number of esters is 1. The lowest BCUT2D eigenvalue weighted by Crippen LogP contribution is -2.41. The summed E-state index contributed by atoms with van der Waals surface area (Å²) in [6.07, 6.45) is -1.05. The second-order valence-corrected chi connectivity index (χ2v) is 7.05. The summed E-state index contributed by atoms with van der Waals surface area (Å²) >= 11 is 0. The molecule has 2 aromatic carbocycles. The first kappa shape index (κ1) is 21.0. The van der Waals surface area contributed by atoms with E-state index in [2.05, 4.69) is 10.3 Å². The molecule has 0 fully saturated rings. The molecule has 0 unspecified atom stereocenters. The molecular formula is C23H23N3O4. The van der Waals surface area contributed by atoms with E-state index in [1.54, 1.807) is 30.3 Å². The number of hydrogen-bond donors (Lipinski definition) is 1. The Morgan fingerprint density at radius 1 is 1.03 bits per heavy atom. The van der Waals surface area contributed by atoms with E-state index in [1.807, 2.05) is 37.3 Å². The Balaban J connectivity index is 1.56. The number of carbonyl (C=O) groups excluding carboxylic acids is 3. The average Bonchev–Trinajstić information content (AvgIpc) is 2.74. The third kappa shape index (κ3) is 5.20. The minimum Gasteiger partial charge on any atom is -0.448 e. The number of rotatable bonds is 6. The van der Waals surface area contributed by atoms with Crippen LogP contribution in [0, 0.1) is 6.92 Å². The molecule has 0 aliphatic rings. The van der Waals surface area contributed by atoms with Gasteiger partial charge in [0.15, 0.2) is 6.10 Å². The summed E-state index contributed by atoms with van der Waals surface area (Å²) in [5.41, 5.74) is 2.51. The molecule has 7 nitrogen and oxygen atoms in total. The average molecular weight is 405 g/mol. The van der Waals surface area contributed by atoms with Crippen LogP contribution >= 0.6 is 0 Å². The van der Waals surface area contributed by atoms with E-state index in [0.717, 1.165) is 10.9 Å². The highest BCUT2D eigenvalue weighted by Gasteiger charge is 2.24. The van der Waals surface area contributed by atoms with Gasteiger partial charge in [-0.3, -0.25) is 9.59 Å². The van der Waals surface area contributed by atoms with Crippen LogP contribution in [0.4, 0.5) is 5.69 Å². The number of hydrogen-bond acceptors (Lipinski definition) is 5. The number of carbonyl (C=O) groups is 3. The summed E-state index contributed by atoms with van der Waals surface area (Å²) in [6.45, 7) is 3.26.